The predicted octanol–water partition coefficient (Wildman–Crippen LogP) is 0.587. The summed E-state index contributed by atoms with van der Waals surface area (Å²) in [7, 11) is 0. The quantitative estimate of drug-likeness (QED) is 0.766. The highest BCUT2D eigenvalue weighted by Crippen LogP contribution is 2.34. The van der Waals surface area contributed by atoms with Gasteiger partial charge in [0, 0.05) is 32.2 Å². The third-order valence-electron chi connectivity index (χ3n) is 3.91. The molecule has 6 nitrogen and oxygen atoms in total. The Morgan fingerprint density at radius 3 is 2.53 bits per heavy atom. The summed E-state index contributed by atoms with van der Waals surface area (Å²) >= 11 is 0. The summed E-state index contributed by atoms with van der Waals surface area (Å²) < 4.78 is 0. The molecule has 0 aromatic carbocycles. The maximum Gasteiger partial charge on any atom is 0.317 e. The van der Waals surface area contributed by atoms with Crippen molar-refractivity contribution in [3.8, 4) is 0 Å². The van der Waals surface area contributed by atoms with E-state index >= 15 is 0 Å². The third kappa shape index (κ3) is 4.09. The van der Waals surface area contributed by atoms with Gasteiger partial charge in [-0.2, -0.15) is 0 Å². The van der Waals surface area contributed by atoms with Crippen molar-refractivity contribution in [2.45, 2.75) is 32.2 Å². The summed E-state index contributed by atoms with van der Waals surface area (Å²) in [5.74, 6) is -0.138. The molecule has 19 heavy (non-hydrogen) atoms. The van der Waals surface area contributed by atoms with Crippen LogP contribution in [0.2, 0.25) is 0 Å². The summed E-state index contributed by atoms with van der Waals surface area (Å²) in [6.45, 7) is 4.75. The van der Waals surface area contributed by atoms with Crippen LogP contribution in [-0.2, 0) is 4.79 Å². The van der Waals surface area contributed by atoms with Crippen molar-refractivity contribution in [1.82, 2.24) is 15.1 Å². The molecular weight excluding hydrogens is 246 g/mol. The van der Waals surface area contributed by atoms with Crippen LogP contribution in [0.1, 0.15) is 26.2 Å². The van der Waals surface area contributed by atoms with E-state index in [1.165, 1.54) is 12.8 Å². The Kier molecular flexibility index (Phi) is 4.63. The topological polar surface area (TPSA) is 72.9 Å². The van der Waals surface area contributed by atoms with Crippen LogP contribution in [0.4, 0.5) is 4.79 Å². The summed E-state index contributed by atoms with van der Waals surface area (Å²) in [5.41, 5.74) is 0. The molecule has 2 N–H and O–H groups in total. The molecule has 0 aromatic rings. The van der Waals surface area contributed by atoms with Crippen LogP contribution in [0, 0.1) is 5.92 Å². The molecule has 2 rings (SSSR count). The van der Waals surface area contributed by atoms with Crippen LogP contribution >= 0.6 is 0 Å². The Bertz CT molecular complexity index is 340. The number of carbonyl (C=O) groups is 2. The van der Waals surface area contributed by atoms with Gasteiger partial charge in [-0.3, -0.25) is 9.69 Å². The number of piperazine rings is 1. The molecule has 6 heteroatoms. The zero-order valence-corrected chi connectivity index (χ0v) is 11.5. The molecule has 108 valence electrons. The van der Waals surface area contributed by atoms with Crippen LogP contribution in [0.15, 0.2) is 0 Å². The first-order chi connectivity index (χ1) is 9.10. The van der Waals surface area contributed by atoms with Gasteiger partial charge in [0.15, 0.2) is 0 Å². The maximum absolute atomic E-state index is 12.0. The number of amides is 2. The van der Waals surface area contributed by atoms with E-state index in [-0.39, 0.29) is 12.6 Å². The highest BCUT2D eigenvalue weighted by Gasteiger charge is 2.38. The lowest BCUT2D eigenvalue weighted by atomic mass is 10.2. The second-order valence-corrected chi connectivity index (χ2v) is 5.50. The van der Waals surface area contributed by atoms with Gasteiger partial charge in [0.05, 0.1) is 6.54 Å². The second-order valence-electron chi connectivity index (χ2n) is 5.50. The van der Waals surface area contributed by atoms with Gasteiger partial charge < -0.3 is 15.3 Å². The highest BCUT2D eigenvalue weighted by atomic mass is 16.4. The van der Waals surface area contributed by atoms with E-state index in [0.717, 1.165) is 6.42 Å². The average Bonchev–Trinajstić information content (AvgIpc) is 3.08. The number of rotatable bonds is 5. The Hall–Kier alpha value is -1.30. The lowest BCUT2D eigenvalue weighted by Crippen LogP contribution is -2.53. The van der Waals surface area contributed by atoms with Gasteiger partial charge in [-0.25, -0.2) is 4.79 Å². The fraction of sp³-hybridized carbons (Fsp3) is 0.846. The monoisotopic (exact) mass is 269 g/mol. The van der Waals surface area contributed by atoms with Crippen molar-refractivity contribution in [2.75, 3.05) is 32.7 Å². The van der Waals surface area contributed by atoms with Crippen molar-refractivity contribution in [3.05, 3.63) is 0 Å². The predicted molar refractivity (Wildman–Crippen MR) is 71.0 cm³/mol. The van der Waals surface area contributed by atoms with E-state index in [0.29, 0.717) is 38.1 Å². The van der Waals surface area contributed by atoms with Crippen molar-refractivity contribution in [3.63, 3.8) is 0 Å². The van der Waals surface area contributed by atoms with E-state index < -0.39 is 5.97 Å². The van der Waals surface area contributed by atoms with E-state index in [1.807, 2.05) is 4.90 Å². The van der Waals surface area contributed by atoms with Crippen molar-refractivity contribution < 1.29 is 14.7 Å². The van der Waals surface area contributed by atoms with Crippen LogP contribution < -0.4 is 5.32 Å². The molecule has 1 aliphatic carbocycles. The Balaban J connectivity index is 1.67. The summed E-state index contributed by atoms with van der Waals surface area (Å²) in [6, 6.07) is 0.378. The van der Waals surface area contributed by atoms with E-state index in [1.54, 1.807) is 4.90 Å². The summed E-state index contributed by atoms with van der Waals surface area (Å²) in [4.78, 5) is 26.3. The molecule has 1 aliphatic heterocycles. The number of urea groups is 1. The zero-order chi connectivity index (χ0) is 13.8. The Morgan fingerprint density at radius 1 is 1.26 bits per heavy atom. The van der Waals surface area contributed by atoms with Gasteiger partial charge >= 0.3 is 12.0 Å². The fourth-order valence-electron chi connectivity index (χ4n) is 2.66. The zero-order valence-electron chi connectivity index (χ0n) is 11.5. The molecular formula is C13H23N3O3. The van der Waals surface area contributed by atoms with Gasteiger partial charge in [-0.15, -0.1) is 0 Å². The van der Waals surface area contributed by atoms with E-state index in [4.69, 9.17) is 5.11 Å². The first-order valence-corrected chi connectivity index (χ1v) is 7.09. The molecule has 2 atom stereocenters. The molecule has 0 aromatic heterocycles. The summed E-state index contributed by atoms with van der Waals surface area (Å²) in [6.07, 6.45) is 3.47. The minimum atomic E-state index is -0.807. The molecule has 2 fully saturated rings. The average molecular weight is 269 g/mol. The largest absolute Gasteiger partial charge is 0.480 e. The number of hydrogen-bond donors (Lipinski definition) is 2. The number of carbonyl (C=O) groups excluding carboxylic acids is 1. The van der Waals surface area contributed by atoms with Crippen molar-refractivity contribution in [2.24, 2.45) is 5.92 Å². The number of nitrogens with one attached hydrogen (secondary N) is 1. The molecule has 2 aliphatic rings. The number of aliphatic carboxylic acids is 1. The SMILES string of the molecule is CCCC1CC1NC(=O)N1CCN(CC(=O)O)CC1. The molecule has 1 heterocycles. The van der Waals surface area contributed by atoms with Gasteiger partial charge in [0.2, 0.25) is 0 Å². The van der Waals surface area contributed by atoms with Crippen molar-refractivity contribution >= 4 is 12.0 Å². The maximum atomic E-state index is 12.0. The minimum absolute atomic E-state index is 0.0126. The number of carboxylic acids is 1. The molecule has 0 radical (unpaired) electrons. The first kappa shape index (κ1) is 14.1. The van der Waals surface area contributed by atoms with E-state index in [2.05, 4.69) is 12.2 Å². The lowest BCUT2D eigenvalue weighted by molar-refractivity contribution is -0.138. The molecule has 2 amide bonds. The smallest absolute Gasteiger partial charge is 0.317 e. The third-order valence-corrected chi connectivity index (χ3v) is 3.91. The lowest BCUT2D eigenvalue weighted by Gasteiger charge is -2.33. The standard InChI is InChI=1S/C13H23N3O3/c1-2-3-10-8-11(10)14-13(19)16-6-4-15(5-7-16)9-12(17)18/h10-11H,2-9H2,1H3,(H,14,19)(H,17,18). The van der Waals surface area contributed by atoms with Gasteiger partial charge in [0.25, 0.3) is 0 Å². The molecule has 1 saturated heterocycles. The Labute approximate surface area is 113 Å². The van der Waals surface area contributed by atoms with Crippen LogP contribution in [0.25, 0.3) is 0 Å². The van der Waals surface area contributed by atoms with Gasteiger partial charge in [-0.1, -0.05) is 13.3 Å². The fourth-order valence-corrected chi connectivity index (χ4v) is 2.66. The van der Waals surface area contributed by atoms with Gasteiger partial charge in [-0.05, 0) is 18.8 Å². The molecule has 0 bridgehead atoms. The highest BCUT2D eigenvalue weighted by molar-refractivity contribution is 5.75. The number of hydrogen-bond acceptors (Lipinski definition) is 3. The normalized spacial score (nSPS) is 27.1. The van der Waals surface area contributed by atoms with Gasteiger partial charge in [0.1, 0.15) is 0 Å². The molecule has 0 spiro atoms. The Morgan fingerprint density at radius 2 is 1.95 bits per heavy atom. The first-order valence-electron chi connectivity index (χ1n) is 7.09. The molecule has 2 unspecified atom stereocenters. The summed E-state index contributed by atoms with van der Waals surface area (Å²) in [5, 5.41) is 11.8. The molecule has 1 saturated carbocycles. The van der Waals surface area contributed by atoms with Crippen LogP contribution in [0.5, 0.6) is 0 Å². The second kappa shape index (κ2) is 6.23. The number of carboxylic acid groups (broad SMARTS) is 1. The van der Waals surface area contributed by atoms with Crippen molar-refractivity contribution in [1.29, 1.82) is 0 Å². The van der Waals surface area contributed by atoms with Crippen LogP contribution in [-0.4, -0.2) is 65.7 Å². The van der Waals surface area contributed by atoms with E-state index in [9.17, 15) is 9.59 Å². The minimum Gasteiger partial charge on any atom is -0.480 e. The van der Waals surface area contributed by atoms with Crippen LogP contribution in [0.3, 0.4) is 0 Å². The number of nitrogens with zero attached hydrogens (tertiary/aromatic N) is 2.